The fourth-order valence-electron chi connectivity index (χ4n) is 1.17. The third-order valence-electron chi connectivity index (χ3n) is 1.90. The summed E-state index contributed by atoms with van der Waals surface area (Å²) in [7, 11) is 0. The maximum absolute atomic E-state index is 3.97. The molecular formula is C8H14IN. The van der Waals surface area contributed by atoms with Crippen LogP contribution in [0.3, 0.4) is 0 Å². The maximum atomic E-state index is 3.97. The van der Waals surface area contributed by atoms with Crippen molar-refractivity contribution < 1.29 is 0 Å². The van der Waals surface area contributed by atoms with E-state index < -0.39 is 0 Å². The minimum atomic E-state index is 0.303. The van der Waals surface area contributed by atoms with Gasteiger partial charge in [0.05, 0.1) is 3.55 Å². The lowest BCUT2D eigenvalue weighted by Gasteiger charge is -2.28. The first-order valence-corrected chi connectivity index (χ1v) is 4.68. The van der Waals surface area contributed by atoms with E-state index >= 15 is 0 Å². The molecule has 1 fully saturated rings. The summed E-state index contributed by atoms with van der Waals surface area (Å²) in [5.74, 6) is 0. The second kappa shape index (κ2) is 2.81. The highest BCUT2D eigenvalue weighted by atomic mass is 127. The molecule has 0 aromatic heterocycles. The molecule has 0 amide bonds. The van der Waals surface area contributed by atoms with E-state index in [4.69, 9.17) is 0 Å². The molecule has 58 valence electrons. The number of likely N-dealkylation sites (tertiary alicyclic amines) is 1. The summed E-state index contributed by atoms with van der Waals surface area (Å²) in [4.78, 5) is 2.45. The van der Waals surface area contributed by atoms with Gasteiger partial charge < -0.3 is 0 Å². The van der Waals surface area contributed by atoms with Crippen molar-refractivity contribution in [1.82, 2.24) is 4.90 Å². The Bertz CT molecular complexity index is 146. The van der Waals surface area contributed by atoms with E-state index in [1.807, 2.05) is 0 Å². The van der Waals surface area contributed by atoms with E-state index in [0.29, 0.717) is 3.55 Å². The maximum Gasteiger partial charge on any atom is 0.0676 e. The average Bonchev–Trinajstić information content (AvgIpc) is 2.11. The number of hydrogen-bond acceptors (Lipinski definition) is 1. The highest BCUT2D eigenvalue weighted by molar-refractivity contribution is 14.1. The van der Waals surface area contributed by atoms with E-state index in [9.17, 15) is 0 Å². The molecule has 1 heterocycles. The van der Waals surface area contributed by atoms with Gasteiger partial charge in [0, 0.05) is 13.1 Å². The fourth-order valence-corrected chi connectivity index (χ4v) is 1.59. The molecule has 2 heteroatoms. The van der Waals surface area contributed by atoms with Crippen molar-refractivity contribution >= 4 is 22.6 Å². The van der Waals surface area contributed by atoms with Gasteiger partial charge in [-0.2, -0.15) is 0 Å². The third kappa shape index (κ3) is 1.95. The van der Waals surface area contributed by atoms with Gasteiger partial charge in [-0.05, 0) is 20.3 Å². The van der Waals surface area contributed by atoms with E-state index in [1.54, 1.807) is 0 Å². The highest BCUT2D eigenvalue weighted by Crippen LogP contribution is 2.28. The van der Waals surface area contributed by atoms with Crippen LogP contribution in [0.1, 0.15) is 20.3 Å². The zero-order chi connectivity index (χ0) is 7.78. The van der Waals surface area contributed by atoms with Gasteiger partial charge in [-0.3, -0.25) is 4.90 Å². The van der Waals surface area contributed by atoms with Gasteiger partial charge in [0.15, 0.2) is 0 Å². The van der Waals surface area contributed by atoms with E-state index in [0.717, 1.165) is 6.54 Å². The topological polar surface area (TPSA) is 3.24 Å². The molecule has 0 aromatic carbocycles. The first-order chi connectivity index (χ1) is 4.50. The molecule has 0 aliphatic carbocycles. The average molecular weight is 251 g/mol. The minimum Gasteiger partial charge on any atom is -0.285 e. The molecular weight excluding hydrogens is 237 g/mol. The molecule has 1 saturated heterocycles. The van der Waals surface area contributed by atoms with Gasteiger partial charge in [0.25, 0.3) is 0 Å². The van der Waals surface area contributed by atoms with Crippen LogP contribution in [0.25, 0.3) is 0 Å². The lowest BCUT2D eigenvalue weighted by atomic mass is 10.3. The normalized spacial score (nSPS) is 22.1. The molecule has 1 aliphatic rings. The van der Waals surface area contributed by atoms with Gasteiger partial charge in [-0.15, -0.1) is 0 Å². The van der Waals surface area contributed by atoms with Gasteiger partial charge in [-0.1, -0.05) is 34.7 Å². The molecule has 1 rings (SSSR count). The number of hydrogen-bond donors (Lipinski definition) is 0. The molecule has 1 nitrogen and oxygen atoms in total. The lowest BCUT2D eigenvalue weighted by Crippen LogP contribution is -2.35. The van der Waals surface area contributed by atoms with Crippen LogP contribution in [0.4, 0.5) is 0 Å². The minimum absolute atomic E-state index is 0.303. The van der Waals surface area contributed by atoms with Crippen LogP contribution in [0.5, 0.6) is 0 Å². The first kappa shape index (κ1) is 8.53. The fraction of sp³-hybridized carbons (Fsp3) is 0.750. The molecule has 0 atom stereocenters. The predicted octanol–water partition coefficient (Wildman–Crippen LogP) is 2.42. The summed E-state index contributed by atoms with van der Waals surface area (Å²) in [5, 5.41) is 0. The van der Waals surface area contributed by atoms with Gasteiger partial charge in [0.2, 0.25) is 0 Å². The Morgan fingerprint density at radius 3 is 2.40 bits per heavy atom. The van der Waals surface area contributed by atoms with Crippen molar-refractivity contribution in [2.75, 3.05) is 13.1 Å². The monoisotopic (exact) mass is 251 g/mol. The SMILES string of the molecule is C=C1CCN(C(C)(C)I)C1. The molecule has 0 N–H and O–H groups in total. The van der Waals surface area contributed by atoms with Crippen molar-refractivity contribution in [2.24, 2.45) is 0 Å². The summed E-state index contributed by atoms with van der Waals surface area (Å²) >= 11 is 2.47. The summed E-state index contributed by atoms with van der Waals surface area (Å²) in [6.07, 6.45) is 1.19. The van der Waals surface area contributed by atoms with Gasteiger partial charge >= 0.3 is 0 Å². The Morgan fingerprint density at radius 1 is 1.60 bits per heavy atom. The van der Waals surface area contributed by atoms with E-state index in [-0.39, 0.29) is 0 Å². The second-order valence-electron chi connectivity index (χ2n) is 3.33. The molecule has 0 radical (unpaired) electrons. The summed E-state index contributed by atoms with van der Waals surface area (Å²) < 4.78 is 0.303. The van der Waals surface area contributed by atoms with Gasteiger partial charge in [0.1, 0.15) is 0 Å². The zero-order valence-corrected chi connectivity index (χ0v) is 8.81. The Labute approximate surface area is 76.6 Å². The van der Waals surface area contributed by atoms with Crippen LogP contribution in [-0.4, -0.2) is 21.5 Å². The smallest absolute Gasteiger partial charge is 0.0676 e. The van der Waals surface area contributed by atoms with Crippen molar-refractivity contribution in [3.8, 4) is 0 Å². The van der Waals surface area contributed by atoms with Crippen molar-refractivity contribution in [3.63, 3.8) is 0 Å². The second-order valence-corrected chi connectivity index (χ2v) is 5.97. The van der Waals surface area contributed by atoms with Crippen molar-refractivity contribution in [3.05, 3.63) is 12.2 Å². The van der Waals surface area contributed by atoms with Crippen molar-refractivity contribution in [2.45, 2.75) is 23.8 Å². The van der Waals surface area contributed by atoms with Crippen LogP contribution in [0.2, 0.25) is 0 Å². The first-order valence-electron chi connectivity index (χ1n) is 3.61. The lowest BCUT2D eigenvalue weighted by molar-refractivity contribution is 0.266. The van der Waals surface area contributed by atoms with E-state index in [1.165, 1.54) is 18.5 Å². The van der Waals surface area contributed by atoms with Crippen LogP contribution < -0.4 is 0 Å². The predicted molar refractivity (Wildman–Crippen MR) is 53.4 cm³/mol. The molecule has 0 saturated carbocycles. The van der Waals surface area contributed by atoms with Crippen LogP contribution >= 0.6 is 22.6 Å². The van der Waals surface area contributed by atoms with Crippen LogP contribution in [0, 0.1) is 0 Å². The number of halogens is 1. The molecule has 0 bridgehead atoms. The molecule has 1 aliphatic heterocycles. The molecule has 0 aromatic rings. The van der Waals surface area contributed by atoms with Crippen LogP contribution in [0.15, 0.2) is 12.2 Å². The quantitative estimate of drug-likeness (QED) is 0.299. The molecule has 0 unspecified atom stereocenters. The molecule has 0 spiro atoms. The number of nitrogens with zero attached hydrogens (tertiary/aromatic N) is 1. The Hall–Kier alpha value is 0.430. The van der Waals surface area contributed by atoms with E-state index in [2.05, 4.69) is 47.9 Å². The number of rotatable bonds is 1. The van der Waals surface area contributed by atoms with Crippen molar-refractivity contribution in [1.29, 1.82) is 0 Å². The largest absolute Gasteiger partial charge is 0.285 e. The number of alkyl halides is 1. The zero-order valence-electron chi connectivity index (χ0n) is 6.65. The summed E-state index contributed by atoms with van der Waals surface area (Å²) in [6.45, 7) is 10.7. The highest BCUT2D eigenvalue weighted by Gasteiger charge is 2.26. The Balaban J connectivity index is 2.53. The van der Waals surface area contributed by atoms with Gasteiger partial charge in [-0.25, -0.2) is 0 Å². The van der Waals surface area contributed by atoms with Crippen LogP contribution in [-0.2, 0) is 0 Å². The molecule has 10 heavy (non-hydrogen) atoms. The summed E-state index contributed by atoms with van der Waals surface area (Å²) in [6, 6.07) is 0. The summed E-state index contributed by atoms with van der Waals surface area (Å²) in [5.41, 5.74) is 1.38. The third-order valence-corrected chi connectivity index (χ3v) is 2.58. The Kier molecular flexibility index (Phi) is 2.40. The standard InChI is InChI=1S/C8H14IN/c1-7-4-5-10(6-7)8(2,3)9/h1,4-6H2,2-3H3. The Morgan fingerprint density at radius 2 is 2.20 bits per heavy atom.